The molecule has 0 radical (unpaired) electrons. The minimum atomic E-state index is 0.627. The van der Waals surface area contributed by atoms with Crippen molar-refractivity contribution in [3.05, 3.63) is 66.9 Å². The fourth-order valence-corrected chi connectivity index (χ4v) is 2.66. The smallest absolute Gasteiger partial charge is 0.136 e. The molecule has 0 saturated heterocycles. The van der Waals surface area contributed by atoms with Crippen LogP contribution in [0, 0.1) is 6.92 Å². The normalized spacial score (nSPS) is 11.0. The average Bonchev–Trinajstić information content (AvgIpc) is 3.02. The Balaban J connectivity index is 1.95. The molecule has 0 unspecified atom stereocenters. The third-order valence-corrected chi connectivity index (χ3v) is 3.74. The van der Waals surface area contributed by atoms with E-state index in [1.807, 2.05) is 60.1 Å². The van der Waals surface area contributed by atoms with Crippen LogP contribution < -0.4 is 5.73 Å². The number of imidazole rings is 1. The standard InChI is InChI=1S/C18H15N5/c1-12-3-2-4-16(22-12)18-15(9-14(19)10-21-18)13-5-6-17-20-7-8-23(17)11-13/h2-11H,19H2,1H3. The predicted molar refractivity (Wildman–Crippen MR) is 90.8 cm³/mol. The molecular formula is C18H15N5. The number of aryl methyl sites for hydroxylation is 1. The van der Waals surface area contributed by atoms with Gasteiger partial charge in [0.15, 0.2) is 0 Å². The summed E-state index contributed by atoms with van der Waals surface area (Å²) in [7, 11) is 0. The highest BCUT2D eigenvalue weighted by Gasteiger charge is 2.12. The van der Waals surface area contributed by atoms with E-state index in [-0.39, 0.29) is 0 Å². The van der Waals surface area contributed by atoms with Gasteiger partial charge in [-0.15, -0.1) is 0 Å². The second-order valence-electron chi connectivity index (χ2n) is 5.44. The van der Waals surface area contributed by atoms with Crippen LogP contribution in [0.5, 0.6) is 0 Å². The van der Waals surface area contributed by atoms with Gasteiger partial charge in [0.2, 0.25) is 0 Å². The zero-order valence-electron chi connectivity index (χ0n) is 12.6. The number of hydrogen-bond donors (Lipinski definition) is 1. The van der Waals surface area contributed by atoms with Crippen molar-refractivity contribution >= 4 is 11.3 Å². The number of aromatic nitrogens is 4. The van der Waals surface area contributed by atoms with Crippen molar-refractivity contribution < 1.29 is 0 Å². The lowest BCUT2D eigenvalue weighted by atomic mass is 10.0. The van der Waals surface area contributed by atoms with E-state index in [4.69, 9.17) is 5.73 Å². The largest absolute Gasteiger partial charge is 0.397 e. The van der Waals surface area contributed by atoms with Gasteiger partial charge < -0.3 is 10.1 Å². The molecule has 0 bridgehead atoms. The number of anilines is 1. The van der Waals surface area contributed by atoms with Crippen LogP contribution in [0.3, 0.4) is 0 Å². The van der Waals surface area contributed by atoms with Crippen LogP contribution >= 0.6 is 0 Å². The highest BCUT2D eigenvalue weighted by molar-refractivity contribution is 5.81. The zero-order valence-corrected chi connectivity index (χ0v) is 12.6. The Kier molecular flexibility index (Phi) is 3.05. The SMILES string of the molecule is Cc1cccc(-c2ncc(N)cc2-c2ccc3nccn3c2)n1. The molecule has 4 rings (SSSR count). The first-order valence-corrected chi connectivity index (χ1v) is 7.33. The quantitative estimate of drug-likeness (QED) is 0.616. The second kappa shape index (κ2) is 5.21. The monoisotopic (exact) mass is 301 g/mol. The molecule has 5 heteroatoms. The predicted octanol–water partition coefficient (Wildman–Crippen LogP) is 3.35. The molecule has 112 valence electrons. The lowest BCUT2D eigenvalue weighted by Gasteiger charge is -2.10. The van der Waals surface area contributed by atoms with Crippen LogP contribution in [0.4, 0.5) is 5.69 Å². The molecule has 0 spiro atoms. The van der Waals surface area contributed by atoms with Crippen LogP contribution in [0.25, 0.3) is 28.2 Å². The Morgan fingerprint density at radius 2 is 2.00 bits per heavy atom. The number of nitrogens with two attached hydrogens (primary N) is 1. The van der Waals surface area contributed by atoms with E-state index in [9.17, 15) is 0 Å². The summed E-state index contributed by atoms with van der Waals surface area (Å²) in [5, 5.41) is 0. The topological polar surface area (TPSA) is 69.1 Å². The summed E-state index contributed by atoms with van der Waals surface area (Å²) in [5.41, 5.74) is 12.1. The third kappa shape index (κ3) is 2.42. The molecule has 0 aromatic carbocycles. The maximum Gasteiger partial charge on any atom is 0.136 e. The van der Waals surface area contributed by atoms with E-state index >= 15 is 0 Å². The van der Waals surface area contributed by atoms with Gasteiger partial charge >= 0.3 is 0 Å². The van der Waals surface area contributed by atoms with Crippen molar-refractivity contribution in [2.24, 2.45) is 0 Å². The van der Waals surface area contributed by atoms with Crippen LogP contribution in [0.1, 0.15) is 5.69 Å². The van der Waals surface area contributed by atoms with Gasteiger partial charge in [-0.25, -0.2) is 4.98 Å². The van der Waals surface area contributed by atoms with Gasteiger partial charge in [-0.3, -0.25) is 9.97 Å². The molecule has 0 amide bonds. The van der Waals surface area contributed by atoms with E-state index in [0.717, 1.165) is 33.9 Å². The summed E-state index contributed by atoms with van der Waals surface area (Å²) < 4.78 is 1.98. The molecule has 0 saturated carbocycles. The molecule has 0 aliphatic carbocycles. The van der Waals surface area contributed by atoms with E-state index < -0.39 is 0 Å². The highest BCUT2D eigenvalue weighted by Crippen LogP contribution is 2.31. The third-order valence-electron chi connectivity index (χ3n) is 3.74. The number of fused-ring (bicyclic) bond motifs is 1. The second-order valence-corrected chi connectivity index (χ2v) is 5.44. The molecular weight excluding hydrogens is 286 g/mol. The first-order valence-electron chi connectivity index (χ1n) is 7.33. The Morgan fingerprint density at radius 3 is 2.87 bits per heavy atom. The Labute approximate surface area is 133 Å². The summed E-state index contributed by atoms with van der Waals surface area (Å²) >= 11 is 0. The number of pyridine rings is 3. The van der Waals surface area contributed by atoms with Gasteiger partial charge in [0.25, 0.3) is 0 Å². The van der Waals surface area contributed by atoms with E-state index in [1.54, 1.807) is 12.4 Å². The molecule has 0 aliphatic rings. The van der Waals surface area contributed by atoms with Crippen molar-refractivity contribution in [3.63, 3.8) is 0 Å². The molecule has 5 nitrogen and oxygen atoms in total. The van der Waals surface area contributed by atoms with Crippen molar-refractivity contribution in [3.8, 4) is 22.5 Å². The van der Waals surface area contributed by atoms with Crippen LogP contribution in [-0.2, 0) is 0 Å². The van der Waals surface area contributed by atoms with Gasteiger partial charge in [-0.05, 0) is 37.3 Å². The Bertz CT molecular complexity index is 1000. The minimum Gasteiger partial charge on any atom is -0.397 e. The zero-order chi connectivity index (χ0) is 15.8. The van der Waals surface area contributed by atoms with Gasteiger partial charge in [-0.1, -0.05) is 6.07 Å². The van der Waals surface area contributed by atoms with E-state index in [1.165, 1.54) is 0 Å². The average molecular weight is 301 g/mol. The van der Waals surface area contributed by atoms with Gasteiger partial charge in [0.1, 0.15) is 5.65 Å². The fraction of sp³-hybridized carbons (Fsp3) is 0.0556. The number of nitrogens with zero attached hydrogens (tertiary/aromatic N) is 4. The first-order chi connectivity index (χ1) is 11.2. The van der Waals surface area contributed by atoms with Crippen molar-refractivity contribution in [1.29, 1.82) is 0 Å². The maximum absolute atomic E-state index is 5.96. The minimum absolute atomic E-state index is 0.627. The highest BCUT2D eigenvalue weighted by atomic mass is 15.0. The van der Waals surface area contributed by atoms with Crippen LogP contribution in [-0.4, -0.2) is 19.4 Å². The van der Waals surface area contributed by atoms with E-state index in [0.29, 0.717) is 5.69 Å². The summed E-state index contributed by atoms with van der Waals surface area (Å²) in [4.78, 5) is 13.4. The van der Waals surface area contributed by atoms with Crippen LogP contribution in [0.15, 0.2) is 61.2 Å². The molecule has 4 aromatic heterocycles. The van der Waals surface area contributed by atoms with E-state index in [2.05, 4.69) is 15.0 Å². The molecule has 4 heterocycles. The summed E-state index contributed by atoms with van der Waals surface area (Å²) in [6, 6.07) is 11.9. The first kappa shape index (κ1) is 13.5. The lowest BCUT2D eigenvalue weighted by Crippen LogP contribution is -1.96. The lowest BCUT2D eigenvalue weighted by molar-refractivity contribution is 1.17. The summed E-state index contributed by atoms with van der Waals surface area (Å²) in [6.45, 7) is 1.97. The molecule has 23 heavy (non-hydrogen) atoms. The number of rotatable bonds is 2. The summed E-state index contributed by atoms with van der Waals surface area (Å²) in [5.74, 6) is 0. The van der Waals surface area contributed by atoms with Crippen molar-refractivity contribution in [2.75, 3.05) is 5.73 Å². The Morgan fingerprint density at radius 1 is 1.09 bits per heavy atom. The molecule has 2 N–H and O–H groups in total. The van der Waals surface area contributed by atoms with Gasteiger partial charge in [-0.2, -0.15) is 0 Å². The van der Waals surface area contributed by atoms with Crippen LogP contribution in [0.2, 0.25) is 0 Å². The van der Waals surface area contributed by atoms with Crippen molar-refractivity contribution in [1.82, 2.24) is 19.4 Å². The maximum atomic E-state index is 5.96. The van der Waals surface area contributed by atoms with Gasteiger partial charge in [0, 0.05) is 35.4 Å². The van der Waals surface area contributed by atoms with Gasteiger partial charge in [0.05, 0.1) is 23.3 Å². The molecule has 4 aromatic rings. The fourth-order valence-electron chi connectivity index (χ4n) is 2.66. The molecule has 0 fully saturated rings. The molecule has 0 aliphatic heterocycles. The number of hydrogen-bond acceptors (Lipinski definition) is 4. The Hall–Kier alpha value is -3.21. The molecule has 0 atom stereocenters. The van der Waals surface area contributed by atoms with Crippen molar-refractivity contribution in [2.45, 2.75) is 6.92 Å². The number of nitrogen functional groups attached to an aromatic ring is 1. The summed E-state index contributed by atoms with van der Waals surface area (Å²) in [6.07, 6.45) is 7.39.